The summed E-state index contributed by atoms with van der Waals surface area (Å²) >= 11 is 12.6. The van der Waals surface area contributed by atoms with Crippen LogP contribution < -0.4 is 14.5 Å². The molecule has 1 fully saturated rings. The van der Waals surface area contributed by atoms with E-state index in [4.69, 9.17) is 37.1 Å². The van der Waals surface area contributed by atoms with Gasteiger partial charge in [-0.25, -0.2) is 4.79 Å². The van der Waals surface area contributed by atoms with Gasteiger partial charge in [-0.15, -0.1) is 0 Å². The van der Waals surface area contributed by atoms with E-state index in [1.54, 1.807) is 43.5 Å². The van der Waals surface area contributed by atoms with Crippen molar-refractivity contribution >= 4 is 57.4 Å². The summed E-state index contributed by atoms with van der Waals surface area (Å²) in [5.74, 6) is -0.502. The molecule has 1 atom stereocenters. The number of benzene rings is 4. The van der Waals surface area contributed by atoms with Crippen LogP contribution in [-0.2, 0) is 16.0 Å². The van der Waals surface area contributed by atoms with Gasteiger partial charge in [-0.3, -0.25) is 9.69 Å². The van der Waals surface area contributed by atoms with E-state index in [1.165, 1.54) is 17.0 Å². The third kappa shape index (κ3) is 6.63. The van der Waals surface area contributed by atoms with Gasteiger partial charge in [0.1, 0.15) is 23.1 Å². The fourth-order valence-corrected chi connectivity index (χ4v) is 6.03. The van der Waals surface area contributed by atoms with Crippen LogP contribution in [0.25, 0.3) is 22.3 Å². The highest BCUT2D eigenvalue weighted by Crippen LogP contribution is 2.33. The first-order valence-electron chi connectivity index (χ1n) is 14.4. The van der Waals surface area contributed by atoms with E-state index in [1.807, 2.05) is 42.5 Å². The molecule has 1 unspecified atom stereocenters. The molecule has 1 amide bonds. The van der Waals surface area contributed by atoms with Gasteiger partial charge in [0.2, 0.25) is 0 Å². The molecule has 45 heavy (non-hydrogen) atoms. The lowest BCUT2D eigenvalue weighted by molar-refractivity contribution is -0.138. The van der Waals surface area contributed by atoms with Gasteiger partial charge >= 0.3 is 5.97 Å². The Balaban J connectivity index is 1.40. The van der Waals surface area contributed by atoms with Crippen LogP contribution in [-0.4, -0.2) is 56.4 Å². The maximum atomic E-state index is 14.2. The zero-order valence-electron chi connectivity index (χ0n) is 24.4. The number of fused-ring (bicyclic) bond motifs is 1. The normalized spacial score (nSPS) is 13.9. The Bertz CT molecular complexity index is 1820. The molecule has 1 aliphatic heterocycles. The molecule has 0 spiro atoms. The van der Waals surface area contributed by atoms with Gasteiger partial charge < -0.3 is 23.9 Å². The van der Waals surface area contributed by atoms with Crippen molar-refractivity contribution in [3.63, 3.8) is 0 Å². The maximum Gasteiger partial charge on any atom is 0.327 e. The Labute approximate surface area is 270 Å². The highest BCUT2D eigenvalue weighted by Gasteiger charge is 2.33. The van der Waals surface area contributed by atoms with E-state index in [-0.39, 0.29) is 17.0 Å². The van der Waals surface area contributed by atoms with Crippen molar-refractivity contribution in [1.82, 2.24) is 0 Å². The first-order chi connectivity index (χ1) is 21.8. The fourth-order valence-electron chi connectivity index (χ4n) is 5.54. The largest absolute Gasteiger partial charge is 0.497 e. The predicted octanol–water partition coefficient (Wildman–Crippen LogP) is 7.59. The molecule has 1 saturated heterocycles. The molecular formula is C35H30Cl2N2O6. The Kier molecular flexibility index (Phi) is 8.98. The average molecular weight is 646 g/mol. The van der Waals surface area contributed by atoms with Gasteiger partial charge in [0.15, 0.2) is 0 Å². The molecule has 0 aliphatic carbocycles. The number of furan rings is 1. The van der Waals surface area contributed by atoms with Crippen LogP contribution in [0.2, 0.25) is 10.0 Å². The number of carbonyl (C=O) groups excluding carboxylic acids is 1. The summed E-state index contributed by atoms with van der Waals surface area (Å²) in [6.07, 6.45) is 0.00610. The number of rotatable bonds is 9. The van der Waals surface area contributed by atoms with Crippen molar-refractivity contribution in [3.8, 4) is 17.1 Å². The molecule has 8 nitrogen and oxygen atoms in total. The number of anilines is 2. The molecular weight excluding hydrogens is 615 g/mol. The number of nitrogens with zero attached hydrogens (tertiary/aromatic N) is 2. The van der Waals surface area contributed by atoms with Crippen LogP contribution in [0.15, 0.2) is 95.4 Å². The summed E-state index contributed by atoms with van der Waals surface area (Å²) in [6, 6.07) is 25.6. The predicted molar refractivity (Wildman–Crippen MR) is 176 cm³/mol. The van der Waals surface area contributed by atoms with Crippen LogP contribution >= 0.6 is 23.2 Å². The van der Waals surface area contributed by atoms with Crippen molar-refractivity contribution in [3.05, 3.63) is 112 Å². The van der Waals surface area contributed by atoms with Gasteiger partial charge in [-0.2, -0.15) is 0 Å². The van der Waals surface area contributed by atoms with Crippen LogP contribution in [0.5, 0.6) is 5.75 Å². The average Bonchev–Trinajstić information content (AvgIpc) is 3.49. The number of ether oxygens (including phenoxy) is 2. The molecule has 1 aromatic heterocycles. The van der Waals surface area contributed by atoms with E-state index in [0.717, 1.165) is 22.2 Å². The summed E-state index contributed by atoms with van der Waals surface area (Å²) in [5, 5.41) is 12.1. The van der Waals surface area contributed by atoms with Crippen LogP contribution in [0.1, 0.15) is 15.9 Å². The first kappa shape index (κ1) is 30.5. The fraction of sp³-hybridized carbons (Fsp3) is 0.200. The number of carboxylic acids is 1. The molecule has 4 aromatic carbocycles. The topological polar surface area (TPSA) is 92.5 Å². The number of methoxy groups -OCH3 is 1. The second-order valence-corrected chi connectivity index (χ2v) is 11.5. The lowest BCUT2D eigenvalue weighted by atomic mass is 10.0. The number of carbonyl (C=O) groups is 2. The summed E-state index contributed by atoms with van der Waals surface area (Å²) < 4.78 is 17.1. The number of hydrogen-bond donors (Lipinski definition) is 1. The van der Waals surface area contributed by atoms with Crippen molar-refractivity contribution < 1.29 is 28.6 Å². The lowest BCUT2D eigenvalue weighted by Crippen LogP contribution is -2.47. The molecule has 10 heteroatoms. The lowest BCUT2D eigenvalue weighted by Gasteiger charge is -2.31. The van der Waals surface area contributed by atoms with E-state index >= 15 is 0 Å². The van der Waals surface area contributed by atoms with Crippen molar-refractivity contribution in [1.29, 1.82) is 0 Å². The molecule has 5 aromatic rings. The molecule has 0 saturated carbocycles. The highest BCUT2D eigenvalue weighted by molar-refractivity contribution is 6.37. The monoisotopic (exact) mass is 644 g/mol. The minimum atomic E-state index is -1.29. The first-order valence-corrected chi connectivity index (χ1v) is 15.2. The van der Waals surface area contributed by atoms with Crippen LogP contribution in [0.3, 0.4) is 0 Å². The number of morpholine rings is 1. The van der Waals surface area contributed by atoms with E-state index < -0.39 is 17.9 Å². The standard InChI is InChI=1S/C35H30Cl2N2O6/c1-43-28-17-22(16-27(21-28)38-12-14-44-15-13-38)18-31(35(41)42)39(34(40)29-11-8-25(36)20-30(29)37)26-9-6-23(7-10-26)33-19-24-4-2-3-5-32(24)45-33/h2-11,16-17,19-21,31H,12-15,18H2,1H3,(H,41,42). The molecule has 230 valence electrons. The number of aliphatic carboxylic acids is 1. The minimum Gasteiger partial charge on any atom is -0.497 e. The molecule has 0 radical (unpaired) electrons. The smallest absolute Gasteiger partial charge is 0.327 e. The second kappa shape index (κ2) is 13.2. The van der Waals surface area contributed by atoms with Gasteiger partial charge in [-0.05, 0) is 72.3 Å². The second-order valence-electron chi connectivity index (χ2n) is 10.7. The van der Waals surface area contributed by atoms with Gasteiger partial charge in [0.05, 0.1) is 30.9 Å². The number of hydrogen-bond acceptors (Lipinski definition) is 6. The molecule has 2 heterocycles. The Morgan fingerprint density at radius 2 is 1.71 bits per heavy atom. The summed E-state index contributed by atoms with van der Waals surface area (Å²) in [4.78, 5) is 30.6. The van der Waals surface area contributed by atoms with Gasteiger partial charge in [0.25, 0.3) is 5.91 Å². The van der Waals surface area contributed by atoms with Crippen molar-refractivity contribution in [2.75, 3.05) is 43.2 Å². The minimum absolute atomic E-state index is 0.00610. The summed E-state index contributed by atoms with van der Waals surface area (Å²) in [7, 11) is 1.57. The Hall–Kier alpha value is -4.50. The van der Waals surface area contributed by atoms with E-state index in [2.05, 4.69) is 4.90 Å². The number of halogens is 2. The zero-order chi connectivity index (χ0) is 31.5. The van der Waals surface area contributed by atoms with Gasteiger partial charge in [-0.1, -0.05) is 41.4 Å². The highest BCUT2D eigenvalue weighted by atomic mass is 35.5. The maximum absolute atomic E-state index is 14.2. The number of amides is 1. The molecule has 0 bridgehead atoms. The SMILES string of the molecule is COc1cc(CC(C(=O)O)N(C(=O)c2ccc(Cl)cc2Cl)c2ccc(-c3cc4ccccc4o3)cc2)cc(N2CCOCC2)c1. The third-order valence-electron chi connectivity index (χ3n) is 7.82. The quantitative estimate of drug-likeness (QED) is 0.177. The van der Waals surface area contributed by atoms with Crippen LogP contribution in [0.4, 0.5) is 11.4 Å². The molecule has 6 rings (SSSR count). The molecule has 1 N–H and O–H groups in total. The summed E-state index contributed by atoms with van der Waals surface area (Å²) in [6.45, 7) is 2.59. The van der Waals surface area contributed by atoms with E-state index in [0.29, 0.717) is 54.1 Å². The van der Waals surface area contributed by atoms with Gasteiger partial charge in [0, 0.05) is 52.9 Å². The van der Waals surface area contributed by atoms with E-state index in [9.17, 15) is 14.7 Å². The van der Waals surface area contributed by atoms with Crippen molar-refractivity contribution in [2.45, 2.75) is 12.5 Å². The third-order valence-corrected chi connectivity index (χ3v) is 8.37. The number of para-hydroxylation sites is 1. The van der Waals surface area contributed by atoms with Crippen molar-refractivity contribution in [2.24, 2.45) is 0 Å². The Morgan fingerprint density at radius 3 is 2.40 bits per heavy atom. The zero-order valence-corrected chi connectivity index (χ0v) is 25.9. The summed E-state index contributed by atoms with van der Waals surface area (Å²) in [5.41, 5.74) is 3.64. The number of carboxylic acid groups (broad SMARTS) is 1. The molecule has 1 aliphatic rings. The Morgan fingerprint density at radius 1 is 0.956 bits per heavy atom. The van der Waals surface area contributed by atoms with Crippen LogP contribution in [0, 0.1) is 0 Å².